The molecule has 0 spiro atoms. The van der Waals surface area contributed by atoms with E-state index in [1.165, 1.54) is 6.92 Å². The molecule has 3 nitrogen and oxygen atoms in total. The zero-order chi connectivity index (χ0) is 12.0. The highest BCUT2D eigenvalue weighted by Crippen LogP contribution is 2.20. The van der Waals surface area contributed by atoms with Crippen molar-refractivity contribution in [1.82, 2.24) is 0 Å². The van der Waals surface area contributed by atoms with Gasteiger partial charge >= 0.3 is 0 Å². The third kappa shape index (κ3) is 3.50. The molecule has 0 atom stereocenters. The van der Waals surface area contributed by atoms with E-state index >= 15 is 0 Å². The zero-order valence-electron chi connectivity index (χ0n) is 9.66. The minimum atomic E-state index is -0.0424. The second-order valence-corrected chi connectivity index (χ2v) is 3.55. The Morgan fingerprint density at radius 2 is 1.88 bits per heavy atom. The first-order valence-corrected chi connectivity index (χ1v) is 5.39. The lowest BCUT2D eigenvalue weighted by molar-refractivity contribution is -0.116. The fraction of sp³-hybridized carbons (Fsp3) is 0.385. The van der Waals surface area contributed by atoms with Gasteiger partial charge in [0.2, 0.25) is 0 Å². The van der Waals surface area contributed by atoms with E-state index in [9.17, 15) is 9.59 Å². The molecule has 1 rings (SSSR count). The molecule has 16 heavy (non-hydrogen) atoms. The first-order chi connectivity index (χ1) is 7.65. The van der Waals surface area contributed by atoms with Crippen molar-refractivity contribution in [3.05, 3.63) is 29.8 Å². The van der Waals surface area contributed by atoms with Crippen molar-refractivity contribution in [3.8, 4) is 5.75 Å². The molecule has 0 aliphatic heterocycles. The van der Waals surface area contributed by atoms with Crippen LogP contribution in [-0.2, 0) is 4.79 Å². The summed E-state index contributed by atoms with van der Waals surface area (Å²) in [6, 6.07) is 7.12. The van der Waals surface area contributed by atoms with Gasteiger partial charge in [0, 0.05) is 12.8 Å². The Hall–Kier alpha value is -1.64. The van der Waals surface area contributed by atoms with Crippen LogP contribution in [0, 0.1) is 0 Å². The molecule has 0 aromatic heterocycles. The van der Waals surface area contributed by atoms with E-state index in [4.69, 9.17) is 4.74 Å². The summed E-state index contributed by atoms with van der Waals surface area (Å²) in [5, 5.41) is 0. The van der Waals surface area contributed by atoms with Crippen molar-refractivity contribution < 1.29 is 14.3 Å². The highest BCUT2D eigenvalue weighted by atomic mass is 16.5. The average Bonchev–Trinajstić information content (AvgIpc) is 2.27. The van der Waals surface area contributed by atoms with E-state index in [2.05, 4.69) is 0 Å². The molecule has 1 aromatic rings. The summed E-state index contributed by atoms with van der Waals surface area (Å²) in [6.07, 6.45) is 0.540. The summed E-state index contributed by atoms with van der Waals surface area (Å²) >= 11 is 0. The van der Waals surface area contributed by atoms with Crippen molar-refractivity contribution in [3.63, 3.8) is 0 Å². The Labute approximate surface area is 95.4 Å². The number of carbonyl (C=O) groups is 2. The summed E-state index contributed by atoms with van der Waals surface area (Å²) in [7, 11) is 0. The molecule has 0 fully saturated rings. The molecule has 0 unspecified atom stereocenters. The lowest BCUT2D eigenvalue weighted by Crippen LogP contribution is -2.05. The van der Waals surface area contributed by atoms with Crippen LogP contribution in [0.2, 0.25) is 0 Å². The zero-order valence-corrected chi connectivity index (χ0v) is 9.66. The Morgan fingerprint density at radius 3 is 2.50 bits per heavy atom. The van der Waals surface area contributed by atoms with E-state index in [1.54, 1.807) is 18.2 Å². The molecule has 0 heterocycles. The molecular weight excluding hydrogens is 204 g/mol. The van der Waals surface area contributed by atoms with Crippen molar-refractivity contribution >= 4 is 11.6 Å². The molecule has 1 aromatic carbocycles. The van der Waals surface area contributed by atoms with Gasteiger partial charge < -0.3 is 9.53 Å². The van der Waals surface area contributed by atoms with Crippen molar-refractivity contribution in [2.24, 2.45) is 0 Å². The van der Waals surface area contributed by atoms with Crippen LogP contribution in [0.15, 0.2) is 24.3 Å². The molecule has 3 heteroatoms. The average molecular weight is 220 g/mol. The summed E-state index contributed by atoms with van der Waals surface area (Å²) in [4.78, 5) is 22.6. The first-order valence-electron chi connectivity index (χ1n) is 5.39. The number of hydrogen-bond acceptors (Lipinski definition) is 3. The molecule has 0 radical (unpaired) electrons. The predicted molar refractivity (Wildman–Crippen MR) is 61.9 cm³/mol. The largest absolute Gasteiger partial charge is 0.493 e. The van der Waals surface area contributed by atoms with Crippen LogP contribution in [0.25, 0.3) is 0 Å². The lowest BCUT2D eigenvalue weighted by atomic mass is 10.0. The third-order valence-corrected chi connectivity index (χ3v) is 2.19. The fourth-order valence-electron chi connectivity index (χ4n) is 1.40. The number of carbonyl (C=O) groups excluding carboxylic acids is 2. The molecule has 0 aliphatic carbocycles. The second-order valence-electron chi connectivity index (χ2n) is 3.55. The van der Waals surface area contributed by atoms with Gasteiger partial charge in [-0.3, -0.25) is 4.79 Å². The van der Waals surface area contributed by atoms with Crippen LogP contribution in [0.3, 0.4) is 0 Å². The van der Waals surface area contributed by atoms with E-state index in [-0.39, 0.29) is 18.0 Å². The fourth-order valence-corrected chi connectivity index (χ4v) is 1.40. The van der Waals surface area contributed by atoms with Crippen LogP contribution in [0.4, 0.5) is 0 Å². The van der Waals surface area contributed by atoms with Crippen LogP contribution < -0.4 is 4.74 Å². The van der Waals surface area contributed by atoms with Gasteiger partial charge in [-0.2, -0.15) is 0 Å². The molecule has 0 saturated carbocycles. The normalized spacial score (nSPS) is 9.88. The Morgan fingerprint density at radius 1 is 1.19 bits per heavy atom. The molecular formula is C13H16O3. The molecule has 0 amide bonds. The molecule has 0 aliphatic rings. The third-order valence-electron chi connectivity index (χ3n) is 2.19. The number of ether oxygens (including phenoxy) is 1. The van der Waals surface area contributed by atoms with E-state index < -0.39 is 0 Å². The quantitative estimate of drug-likeness (QED) is 0.692. The summed E-state index contributed by atoms with van der Waals surface area (Å²) in [5.74, 6) is 0.583. The number of Topliss-reactive ketones (excluding diaryl/α,β-unsaturated/α-hetero) is 2. The molecule has 86 valence electrons. The van der Waals surface area contributed by atoms with Gasteiger partial charge in [-0.15, -0.1) is 0 Å². The maximum Gasteiger partial charge on any atom is 0.167 e. The van der Waals surface area contributed by atoms with Gasteiger partial charge in [0.25, 0.3) is 0 Å². The molecule has 0 saturated heterocycles. The standard InChI is InChI=1S/C13H16O3/c1-3-16-13-7-5-4-6-11(13)12(15)9-8-10(2)14/h4-7H,3,8-9H2,1-2H3. The van der Waals surface area contributed by atoms with Crippen LogP contribution in [0.1, 0.15) is 37.0 Å². The SMILES string of the molecule is CCOc1ccccc1C(=O)CCC(C)=O. The van der Waals surface area contributed by atoms with Gasteiger partial charge in [-0.1, -0.05) is 12.1 Å². The monoisotopic (exact) mass is 220 g/mol. The summed E-state index contributed by atoms with van der Waals surface area (Å²) in [6.45, 7) is 3.88. The predicted octanol–water partition coefficient (Wildman–Crippen LogP) is 2.64. The van der Waals surface area contributed by atoms with Crippen molar-refractivity contribution in [2.45, 2.75) is 26.7 Å². The highest BCUT2D eigenvalue weighted by Gasteiger charge is 2.12. The highest BCUT2D eigenvalue weighted by molar-refractivity contribution is 6.00. The first kappa shape index (κ1) is 12.4. The maximum absolute atomic E-state index is 11.8. The van der Waals surface area contributed by atoms with E-state index in [1.807, 2.05) is 13.0 Å². The van der Waals surface area contributed by atoms with Crippen molar-refractivity contribution in [1.29, 1.82) is 0 Å². The lowest BCUT2D eigenvalue weighted by Gasteiger charge is -2.08. The number of benzene rings is 1. The van der Waals surface area contributed by atoms with Crippen LogP contribution in [-0.4, -0.2) is 18.2 Å². The van der Waals surface area contributed by atoms with Crippen LogP contribution in [0.5, 0.6) is 5.75 Å². The maximum atomic E-state index is 11.8. The minimum absolute atomic E-state index is 0.0299. The second kappa shape index (κ2) is 6.05. The van der Waals surface area contributed by atoms with E-state index in [0.717, 1.165) is 0 Å². The summed E-state index contributed by atoms with van der Waals surface area (Å²) in [5.41, 5.74) is 0.561. The van der Waals surface area contributed by atoms with Crippen LogP contribution >= 0.6 is 0 Å². The van der Waals surface area contributed by atoms with E-state index in [0.29, 0.717) is 24.3 Å². The number of para-hydroxylation sites is 1. The molecule has 0 bridgehead atoms. The van der Waals surface area contributed by atoms with Gasteiger partial charge in [0.05, 0.1) is 12.2 Å². The molecule has 0 N–H and O–H groups in total. The number of hydrogen-bond donors (Lipinski definition) is 0. The van der Waals surface area contributed by atoms with Gasteiger partial charge in [0.1, 0.15) is 11.5 Å². The van der Waals surface area contributed by atoms with Crippen molar-refractivity contribution in [2.75, 3.05) is 6.61 Å². The van der Waals surface area contributed by atoms with Gasteiger partial charge in [0.15, 0.2) is 5.78 Å². The van der Waals surface area contributed by atoms with Gasteiger partial charge in [-0.25, -0.2) is 0 Å². The Bertz CT molecular complexity index is 383. The topological polar surface area (TPSA) is 43.4 Å². The number of ketones is 2. The smallest absolute Gasteiger partial charge is 0.167 e. The van der Waals surface area contributed by atoms with Gasteiger partial charge in [-0.05, 0) is 26.0 Å². The number of rotatable bonds is 6. The Balaban J connectivity index is 2.77. The minimum Gasteiger partial charge on any atom is -0.493 e. The summed E-state index contributed by atoms with van der Waals surface area (Å²) < 4.78 is 5.36. The Kier molecular flexibility index (Phi) is 4.70.